The molecular weight excluding hydrogens is 628 g/mol. The second-order valence-electron chi connectivity index (χ2n) is 9.78. The maximum atomic E-state index is 13.2. The third-order valence-corrected chi connectivity index (χ3v) is 6.38. The van der Waals surface area contributed by atoms with Crippen LogP contribution in [-0.2, 0) is 16.1 Å². The third kappa shape index (κ3) is 13.5. The van der Waals surface area contributed by atoms with Crippen molar-refractivity contribution < 1.29 is 55.7 Å². The Morgan fingerprint density at radius 3 is 2.02 bits per heavy atom. The van der Waals surface area contributed by atoms with Gasteiger partial charge in [-0.3, -0.25) is 5.10 Å². The molecule has 0 spiro atoms. The van der Waals surface area contributed by atoms with Gasteiger partial charge in [0.05, 0.1) is 13.3 Å². The lowest BCUT2D eigenvalue weighted by Gasteiger charge is -2.30. The Balaban J connectivity index is 0.000000440. The Morgan fingerprint density at radius 1 is 0.935 bits per heavy atom. The summed E-state index contributed by atoms with van der Waals surface area (Å²) in [6.07, 6.45) is -2.75. The number of benzene rings is 2. The minimum absolute atomic E-state index is 0.0964. The Bertz CT molecular complexity index is 1350. The number of H-pyrrole nitrogens is 1. The summed E-state index contributed by atoms with van der Waals surface area (Å²) in [6.45, 7) is 4.32. The van der Waals surface area contributed by atoms with Crippen LogP contribution in [0.3, 0.4) is 0 Å². The van der Waals surface area contributed by atoms with Crippen molar-refractivity contribution in [2.45, 2.75) is 38.2 Å². The quantitative estimate of drug-likeness (QED) is 0.219. The number of nitrogens with zero attached hydrogens (tertiary/aromatic N) is 3. The molecule has 11 nitrogen and oxygen atoms in total. The molecule has 0 atom stereocenters. The number of carbonyl (C=O) groups is 3. The first kappa shape index (κ1) is 37.4. The number of hydrogen-bond donors (Lipinski definition) is 4. The van der Waals surface area contributed by atoms with E-state index in [4.69, 9.17) is 24.5 Å². The highest BCUT2D eigenvalue weighted by atomic mass is 19.4. The topological polar surface area (TPSA) is 148 Å². The average Bonchev–Trinajstić information content (AvgIpc) is 3.55. The van der Waals surface area contributed by atoms with Gasteiger partial charge < -0.3 is 30.1 Å². The first-order valence-electron chi connectivity index (χ1n) is 13.7. The Kier molecular flexibility index (Phi) is 14.3. The van der Waals surface area contributed by atoms with Crippen molar-refractivity contribution in [1.82, 2.24) is 20.0 Å². The number of hydrogen-bond acceptors (Lipinski definition) is 6. The van der Waals surface area contributed by atoms with Crippen LogP contribution in [0.4, 0.5) is 36.8 Å². The van der Waals surface area contributed by atoms with E-state index in [0.717, 1.165) is 47.8 Å². The number of alkyl halides is 6. The fourth-order valence-electron chi connectivity index (χ4n) is 4.05. The maximum Gasteiger partial charge on any atom is 0.490 e. The number of carbonyl (C=O) groups excluding carboxylic acids is 1. The first-order chi connectivity index (χ1) is 21.6. The monoisotopic (exact) mass is 661 g/mol. The van der Waals surface area contributed by atoms with Crippen LogP contribution < -0.4 is 10.1 Å². The molecule has 17 heteroatoms. The lowest BCUT2D eigenvalue weighted by molar-refractivity contribution is -0.193. The molecule has 1 aliphatic heterocycles. The van der Waals surface area contributed by atoms with Crippen LogP contribution >= 0.6 is 0 Å². The number of carboxylic acid groups (broad SMARTS) is 2. The van der Waals surface area contributed by atoms with Crippen LogP contribution in [0.15, 0.2) is 60.9 Å². The molecule has 0 unspecified atom stereocenters. The Hall–Kier alpha value is -4.80. The highest BCUT2D eigenvalue weighted by molar-refractivity contribution is 5.89. The molecule has 2 heterocycles. The summed E-state index contributed by atoms with van der Waals surface area (Å²) in [7, 11) is 1.66. The molecule has 1 aromatic heterocycles. The average molecular weight is 662 g/mol. The van der Waals surface area contributed by atoms with Gasteiger partial charge in [0.25, 0.3) is 0 Å². The summed E-state index contributed by atoms with van der Waals surface area (Å²) in [5.74, 6) is -4.71. The minimum Gasteiger partial charge on any atom is -0.497 e. The summed E-state index contributed by atoms with van der Waals surface area (Å²) in [5.41, 5.74) is 3.89. The molecule has 0 aliphatic carbocycles. The van der Waals surface area contributed by atoms with Gasteiger partial charge >= 0.3 is 30.3 Å². The Morgan fingerprint density at radius 2 is 1.52 bits per heavy atom. The maximum absolute atomic E-state index is 13.2. The smallest absolute Gasteiger partial charge is 0.490 e. The van der Waals surface area contributed by atoms with Crippen molar-refractivity contribution in [3.8, 4) is 16.9 Å². The molecule has 46 heavy (non-hydrogen) atoms. The van der Waals surface area contributed by atoms with Gasteiger partial charge in [0.15, 0.2) is 0 Å². The molecule has 4 N–H and O–H groups in total. The number of methoxy groups -OCH3 is 1. The minimum atomic E-state index is -5.08. The molecule has 0 bridgehead atoms. The highest BCUT2D eigenvalue weighted by Crippen LogP contribution is 2.21. The summed E-state index contributed by atoms with van der Waals surface area (Å²) in [6, 6.07) is 15.6. The van der Waals surface area contributed by atoms with Crippen molar-refractivity contribution >= 4 is 23.7 Å². The van der Waals surface area contributed by atoms with Crippen molar-refractivity contribution in [2.75, 3.05) is 38.6 Å². The highest BCUT2D eigenvalue weighted by Gasteiger charge is 2.38. The number of aromatic nitrogens is 2. The number of ether oxygens (including phenoxy) is 1. The summed E-state index contributed by atoms with van der Waals surface area (Å²) in [5, 5.41) is 24.1. The molecule has 1 saturated heterocycles. The number of anilines is 1. The van der Waals surface area contributed by atoms with E-state index in [9.17, 15) is 31.1 Å². The van der Waals surface area contributed by atoms with Gasteiger partial charge in [0.2, 0.25) is 0 Å². The number of nitrogens with one attached hydrogen (secondary N) is 2. The van der Waals surface area contributed by atoms with Crippen molar-refractivity contribution in [3.05, 3.63) is 66.5 Å². The molecule has 0 saturated carbocycles. The fraction of sp³-hybridized carbons (Fsp3) is 0.379. The van der Waals surface area contributed by atoms with Crippen LogP contribution in [0.25, 0.3) is 11.1 Å². The SMILES string of the molecule is COc1cccc(CN(CCN2CCCCC2)C(=O)Nc2ccc(-c3cn[nH]c3)cc2)c1.O=C(O)C(F)(F)F.O=C(O)C(F)(F)F. The van der Waals surface area contributed by atoms with Crippen molar-refractivity contribution in [1.29, 1.82) is 0 Å². The van der Waals surface area contributed by atoms with E-state index in [-0.39, 0.29) is 6.03 Å². The van der Waals surface area contributed by atoms with Gasteiger partial charge in [-0.1, -0.05) is 30.7 Å². The number of aromatic amines is 1. The lowest BCUT2D eigenvalue weighted by Crippen LogP contribution is -2.41. The number of likely N-dealkylation sites (tertiary alicyclic amines) is 1. The molecule has 2 aromatic carbocycles. The van der Waals surface area contributed by atoms with E-state index in [1.54, 1.807) is 13.3 Å². The van der Waals surface area contributed by atoms with E-state index in [0.29, 0.717) is 13.1 Å². The van der Waals surface area contributed by atoms with Gasteiger partial charge in [-0.15, -0.1) is 0 Å². The predicted molar refractivity (Wildman–Crippen MR) is 154 cm³/mol. The van der Waals surface area contributed by atoms with Crippen LogP contribution in [0, 0.1) is 0 Å². The number of piperidine rings is 1. The van der Waals surface area contributed by atoms with E-state index < -0.39 is 24.3 Å². The van der Waals surface area contributed by atoms with E-state index in [2.05, 4.69) is 20.4 Å². The van der Waals surface area contributed by atoms with Crippen LogP contribution in [0.5, 0.6) is 5.75 Å². The van der Waals surface area contributed by atoms with Gasteiger partial charge in [-0.25, -0.2) is 14.4 Å². The standard InChI is InChI=1S/C25H31N5O2.2C2HF3O2/c1-32-24-7-5-6-20(16-24)19-30(15-14-29-12-3-2-4-13-29)25(31)28-23-10-8-21(9-11-23)22-17-26-27-18-22;2*3-2(4,5)1(6)7/h5-11,16-18H,2-4,12-15,19H2,1H3,(H,26,27)(H,28,31);2*(H,6,7). The summed E-state index contributed by atoms with van der Waals surface area (Å²) < 4.78 is 68.8. The molecule has 252 valence electrons. The van der Waals surface area contributed by atoms with Crippen molar-refractivity contribution in [3.63, 3.8) is 0 Å². The van der Waals surface area contributed by atoms with Crippen molar-refractivity contribution in [2.24, 2.45) is 0 Å². The van der Waals surface area contributed by atoms with Gasteiger partial charge in [0.1, 0.15) is 5.75 Å². The van der Waals surface area contributed by atoms with Gasteiger partial charge in [-0.05, 0) is 61.3 Å². The molecule has 1 fully saturated rings. The van der Waals surface area contributed by atoms with Crippen LogP contribution in [0.2, 0.25) is 0 Å². The number of carboxylic acids is 2. The Labute approximate surface area is 259 Å². The van der Waals surface area contributed by atoms with Gasteiger partial charge in [0, 0.05) is 37.1 Å². The normalized spacial score (nSPS) is 13.3. The molecule has 0 radical (unpaired) electrons. The van der Waals surface area contributed by atoms with Crippen LogP contribution in [0.1, 0.15) is 24.8 Å². The molecule has 2 amide bonds. The summed E-state index contributed by atoms with van der Waals surface area (Å²) >= 11 is 0. The van der Waals surface area contributed by atoms with Gasteiger partial charge in [-0.2, -0.15) is 31.4 Å². The second-order valence-corrected chi connectivity index (χ2v) is 9.78. The zero-order valence-electron chi connectivity index (χ0n) is 24.6. The number of halogens is 6. The van der Waals surface area contributed by atoms with Crippen LogP contribution in [-0.4, -0.2) is 93.8 Å². The number of aliphatic carboxylic acids is 2. The molecule has 3 aromatic rings. The third-order valence-electron chi connectivity index (χ3n) is 6.38. The predicted octanol–water partition coefficient (Wildman–Crippen LogP) is 5.87. The van der Waals surface area contributed by atoms with E-state index >= 15 is 0 Å². The second kappa shape index (κ2) is 17.6. The van der Waals surface area contributed by atoms with E-state index in [1.807, 2.05) is 59.6 Å². The number of amides is 2. The fourth-order valence-corrected chi connectivity index (χ4v) is 4.05. The zero-order chi connectivity index (χ0) is 34.3. The molecule has 1 aliphatic rings. The molecular formula is C29H33F6N5O6. The number of urea groups is 1. The molecule has 4 rings (SSSR count). The lowest BCUT2D eigenvalue weighted by atomic mass is 10.1. The largest absolute Gasteiger partial charge is 0.497 e. The summed E-state index contributed by atoms with van der Waals surface area (Å²) in [4.78, 5) is 35.3. The first-order valence-corrected chi connectivity index (χ1v) is 13.7. The van der Waals surface area contributed by atoms with E-state index in [1.165, 1.54) is 19.3 Å². The number of rotatable bonds is 8. The zero-order valence-corrected chi connectivity index (χ0v) is 24.6.